The summed E-state index contributed by atoms with van der Waals surface area (Å²) in [5, 5.41) is 66.0. The van der Waals surface area contributed by atoms with Crippen LogP contribution in [-0.4, -0.2) is 106 Å². The maximum Gasteiger partial charge on any atom is 0.253 e. The van der Waals surface area contributed by atoms with Crippen LogP contribution in [0.25, 0.3) is 0 Å². The standard InChI is InChI=1S/C38H44Cl2F2N4O8/c1-37(2,3)15-29-38(18-43,22-11-10-20(39)14-24(22)41)30(21-7-6-8-23(40)31(21)42)32(45-29)35(52)44-25-12-9-19(13-28(25)54-5)36(53)46(4)16-26(48)33(50)34(51)27(49)17-47/h6-14,26-27,29-30,32-34,45,47-51H,15-17H2,1-5H3,(H,44,52)/t26-,27?,29-,30-,32+,33+,34+,38-/m0/s1. The van der Waals surface area contributed by atoms with Gasteiger partial charge in [0.15, 0.2) is 0 Å². The number of halogens is 4. The van der Waals surface area contributed by atoms with Crippen molar-refractivity contribution in [2.75, 3.05) is 32.6 Å². The van der Waals surface area contributed by atoms with Crippen molar-refractivity contribution >= 4 is 40.7 Å². The number of likely N-dealkylation sites (N-methyl/N-ethyl adjacent to an activating group) is 1. The highest BCUT2D eigenvalue weighted by Gasteiger charge is 2.61. The number of benzene rings is 3. The largest absolute Gasteiger partial charge is 0.495 e. The van der Waals surface area contributed by atoms with Gasteiger partial charge in [-0.2, -0.15) is 5.26 Å². The molecule has 3 aromatic rings. The Balaban J connectivity index is 1.73. The van der Waals surface area contributed by atoms with Crippen molar-refractivity contribution in [1.29, 1.82) is 5.26 Å². The Morgan fingerprint density at radius 2 is 1.72 bits per heavy atom. The molecule has 7 N–H and O–H groups in total. The van der Waals surface area contributed by atoms with Gasteiger partial charge in [-0.1, -0.05) is 62.2 Å². The number of methoxy groups -OCH3 is 1. The molecular formula is C38H44Cl2F2N4O8. The molecule has 0 saturated carbocycles. The lowest BCUT2D eigenvalue weighted by Crippen LogP contribution is -2.49. The number of anilines is 1. The molecule has 0 aromatic heterocycles. The van der Waals surface area contributed by atoms with E-state index in [4.69, 9.17) is 33.0 Å². The van der Waals surface area contributed by atoms with Crippen molar-refractivity contribution < 1.29 is 48.6 Å². The molecule has 2 amide bonds. The molecule has 54 heavy (non-hydrogen) atoms. The van der Waals surface area contributed by atoms with E-state index in [1.54, 1.807) is 0 Å². The predicted octanol–water partition coefficient (Wildman–Crippen LogP) is 3.75. The molecule has 0 spiro atoms. The number of rotatable bonds is 13. The SMILES string of the molecule is COc1cc(C(=O)N(C)C[C@H](O)[C@@H](O)[C@H](O)C(O)CO)ccc1NC(=O)[C@@H]1N[C@@H](CC(C)(C)C)[C@](C#N)(c2ccc(Cl)cc2F)[C@H]1c1cccc(Cl)c1F. The maximum atomic E-state index is 16.0. The molecule has 1 aliphatic heterocycles. The molecule has 0 aliphatic carbocycles. The minimum Gasteiger partial charge on any atom is -0.495 e. The van der Waals surface area contributed by atoms with E-state index in [1.807, 2.05) is 20.8 Å². The number of amides is 2. The number of aliphatic hydroxyl groups is 5. The number of carbonyl (C=O) groups excluding carboxylic acids is 2. The topological polar surface area (TPSA) is 196 Å². The number of carbonyl (C=O) groups is 2. The number of nitrogens with zero attached hydrogens (tertiary/aromatic N) is 2. The average Bonchev–Trinajstić information content (AvgIpc) is 3.44. The summed E-state index contributed by atoms with van der Waals surface area (Å²) >= 11 is 12.3. The van der Waals surface area contributed by atoms with Crippen LogP contribution in [0.15, 0.2) is 54.6 Å². The second-order valence-corrected chi connectivity index (χ2v) is 15.4. The van der Waals surface area contributed by atoms with Gasteiger partial charge < -0.3 is 45.8 Å². The Bertz CT molecular complexity index is 1890. The second-order valence-electron chi connectivity index (χ2n) is 14.6. The van der Waals surface area contributed by atoms with Crippen LogP contribution in [0.3, 0.4) is 0 Å². The summed E-state index contributed by atoms with van der Waals surface area (Å²) in [5.41, 5.74) is -2.37. The molecule has 1 saturated heterocycles. The summed E-state index contributed by atoms with van der Waals surface area (Å²) in [4.78, 5) is 28.7. The monoisotopic (exact) mass is 792 g/mol. The Kier molecular flexibility index (Phi) is 13.7. The van der Waals surface area contributed by atoms with Crippen LogP contribution in [0.2, 0.25) is 10.0 Å². The molecule has 292 valence electrons. The number of hydrogen-bond acceptors (Lipinski definition) is 10. The van der Waals surface area contributed by atoms with Gasteiger partial charge >= 0.3 is 0 Å². The normalized spacial score (nSPS) is 22.1. The minimum atomic E-state index is -1.89. The Hall–Kier alpha value is -3.91. The third kappa shape index (κ3) is 8.80. The van der Waals surface area contributed by atoms with Gasteiger partial charge in [0, 0.05) is 41.7 Å². The molecule has 8 atom stereocenters. The van der Waals surface area contributed by atoms with Gasteiger partial charge in [0.05, 0.1) is 36.5 Å². The lowest BCUT2D eigenvalue weighted by atomic mass is 9.62. The molecule has 12 nitrogen and oxygen atoms in total. The zero-order valence-electron chi connectivity index (χ0n) is 30.2. The van der Waals surface area contributed by atoms with Gasteiger partial charge in [-0.3, -0.25) is 9.59 Å². The first-order chi connectivity index (χ1) is 25.3. The highest BCUT2D eigenvalue weighted by atomic mass is 35.5. The van der Waals surface area contributed by atoms with Crippen LogP contribution >= 0.6 is 23.2 Å². The summed E-state index contributed by atoms with van der Waals surface area (Å²) in [6, 6.07) is 12.1. The first-order valence-electron chi connectivity index (χ1n) is 16.9. The fraction of sp³-hybridized carbons (Fsp3) is 0.447. The summed E-state index contributed by atoms with van der Waals surface area (Å²) < 4.78 is 37.5. The Morgan fingerprint density at radius 3 is 2.31 bits per heavy atom. The Morgan fingerprint density at radius 1 is 1.06 bits per heavy atom. The first-order valence-corrected chi connectivity index (χ1v) is 17.7. The number of hydrogen-bond donors (Lipinski definition) is 7. The number of ether oxygens (including phenoxy) is 1. The summed E-state index contributed by atoms with van der Waals surface area (Å²) in [6.45, 7) is 4.40. The van der Waals surface area contributed by atoms with Gasteiger partial charge in [-0.25, -0.2) is 8.78 Å². The van der Waals surface area contributed by atoms with Gasteiger partial charge in [0.2, 0.25) is 5.91 Å². The molecule has 1 heterocycles. The zero-order chi connectivity index (χ0) is 40.3. The van der Waals surface area contributed by atoms with Gasteiger partial charge in [-0.05, 0) is 53.8 Å². The quantitative estimate of drug-likeness (QED) is 0.134. The van der Waals surface area contributed by atoms with Crippen molar-refractivity contribution in [3.8, 4) is 11.8 Å². The van der Waals surface area contributed by atoms with E-state index in [2.05, 4.69) is 16.7 Å². The average molecular weight is 794 g/mol. The summed E-state index contributed by atoms with van der Waals surface area (Å²) in [5.74, 6) is -4.39. The fourth-order valence-electron chi connectivity index (χ4n) is 6.95. The van der Waals surface area contributed by atoms with E-state index in [-0.39, 0.29) is 44.6 Å². The first kappa shape index (κ1) is 42.8. The molecule has 1 unspecified atom stereocenters. The van der Waals surface area contributed by atoms with Crippen molar-refractivity contribution in [2.45, 2.75) is 75.0 Å². The van der Waals surface area contributed by atoms with E-state index in [0.29, 0.717) is 0 Å². The van der Waals surface area contributed by atoms with Crippen molar-refractivity contribution in [1.82, 2.24) is 10.2 Å². The molecule has 4 rings (SSSR count). The Labute approximate surface area is 321 Å². The molecule has 3 aromatic carbocycles. The minimum absolute atomic E-state index is 0.0229. The van der Waals surface area contributed by atoms with Crippen molar-refractivity contribution in [2.24, 2.45) is 5.41 Å². The molecule has 1 aliphatic rings. The molecule has 0 radical (unpaired) electrons. The predicted molar refractivity (Wildman–Crippen MR) is 197 cm³/mol. The van der Waals surface area contributed by atoms with Gasteiger partial charge in [-0.15, -0.1) is 0 Å². The second kappa shape index (κ2) is 17.3. The summed E-state index contributed by atoms with van der Waals surface area (Å²) in [6.07, 6.45) is -6.93. The number of nitriles is 1. The van der Waals surface area contributed by atoms with Crippen LogP contribution in [0.5, 0.6) is 5.75 Å². The van der Waals surface area contributed by atoms with E-state index in [1.165, 1.54) is 62.7 Å². The smallest absolute Gasteiger partial charge is 0.253 e. The van der Waals surface area contributed by atoms with E-state index < -0.39 is 89.8 Å². The van der Waals surface area contributed by atoms with E-state index in [9.17, 15) is 35.3 Å². The zero-order valence-corrected chi connectivity index (χ0v) is 31.7. The van der Waals surface area contributed by atoms with Gasteiger partial charge in [0.25, 0.3) is 5.91 Å². The number of nitrogens with one attached hydrogen (secondary N) is 2. The van der Waals surface area contributed by atoms with E-state index >= 15 is 8.78 Å². The fourth-order valence-corrected chi connectivity index (χ4v) is 7.29. The number of aliphatic hydroxyl groups excluding tert-OH is 5. The van der Waals surface area contributed by atoms with Crippen molar-refractivity contribution in [3.05, 3.63) is 93.0 Å². The molecule has 0 bridgehead atoms. The van der Waals surface area contributed by atoms with Crippen LogP contribution < -0.4 is 15.4 Å². The molecule has 1 fully saturated rings. The van der Waals surface area contributed by atoms with Gasteiger partial charge in [0.1, 0.15) is 47.2 Å². The lowest BCUT2D eigenvalue weighted by molar-refractivity contribution is -0.118. The van der Waals surface area contributed by atoms with Crippen LogP contribution in [-0.2, 0) is 10.2 Å². The highest BCUT2D eigenvalue weighted by molar-refractivity contribution is 6.31. The van der Waals surface area contributed by atoms with Crippen LogP contribution in [0, 0.1) is 28.4 Å². The molecular weight excluding hydrogens is 749 g/mol. The lowest BCUT2D eigenvalue weighted by Gasteiger charge is -2.37. The third-order valence-corrected chi connectivity index (χ3v) is 10.1. The van der Waals surface area contributed by atoms with Crippen molar-refractivity contribution in [3.63, 3.8) is 0 Å². The van der Waals surface area contributed by atoms with E-state index in [0.717, 1.165) is 11.0 Å². The maximum absolute atomic E-state index is 16.0. The highest BCUT2D eigenvalue weighted by Crippen LogP contribution is 2.53. The molecule has 16 heteroatoms. The van der Waals surface area contributed by atoms with Crippen LogP contribution in [0.1, 0.15) is 54.6 Å². The van der Waals surface area contributed by atoms with Crippen LogP contribution in [0.4, 0.5) is 14.5 Å². The third-order valence-electron chi connectivity index (χ3n) is 9.57. The summed E-state index contributed by atoms with van der Waals surface area (Å²) in [7, 11) is 2.60.